The van der Waals surface area contributed by atoms with Crippen molar-refractivity contribution >= 4 is 5.97 Å². The van der Waals surface area contributed by atoms with Crippen molar-refractivity contribution in [3.05, 3.63) is 12.2 Å². The minimum atomic E-state index is -0.404. The molecule has 0 aromatic carbocycles. The van der Waals surface area contributed by atoms with Crippen molar-refractivity contribution in [2.75, 3.05) is 13.7 Å². The zero-order valence-electron chi connectivity index (χ0n) is 9.53. The van der Waals surface area contributed by atoms with Crippen LogP contribution in [0.25, 0.3) is 0 Å². The van der Waals surface area contributed by atoms with Crippen LogP contribution in [0.15, 0.2) is 12.2 Å². The molecule has 86 valence electrons. The van der Waals surface area contributed by atoms with Gasteiger partial charge < -0.3 is 9.84 Å². The Kier molecular flexibility index (Phi) is 4.33. The van der Waals surface area contributed by atoms with Crippen molar-refractivity contribution in [3.8, 4) is 0 Å². The van der Waals surface area contributed by atoms with E-state index in [1.165, 1.54) is 7.11 Å². The van der Waals surface area contributed by atoms with E-state index in [0.717, 1.165) is 25.7 Å². The van der Waals surface area contributed by atoms with Gasteiger partial charge in [-0.2, -0.15) is 0 Å². The molecule has 1 rings (SSSR count). The average molecular weight is 212 g/mol. The Balaban J connectivity index is 2.74. The van der Waals surface area contributed by atoms with Gasteiger partial charge in [-0.05, 0) is 38.5 Å². The molecular formula is C12H20O3. The van der Waals surface area contributed by atoms with Crippen molar-refractivity contribution in [1.82, 2.24) is 0 Å². The first-order valence-corrected chi connectivity index (χ1v) is 5.51. The Morgan fingerprint density at radius 1 is 1.67 bits per heavy atom. The number of aliphatic hydroxyl groups excluding tert-OH is 1. The van der Waals surface area contributed by atoms with Crippen LogP contribution in [-0.2, 0) is 9.53 Å². The smallest absolute Gasteiger partial charge is 0.312 e. The van der Waals surface area contributed by atoms with Gasteiger partial charge >= 0.3 is 5.97 Å². The highest BCUT2D eigenvalue weighted by Gasteiger charge is 2.41. The molecule has 0 saturated heterocycles. The largest absolute Gasteiger partial charge is 0.469 e. The van der Waals surface area contributed by atoms with E-state index in [0.29, 0.717) is 0 Å². The first-order valence-electron chi connectivity index (χ1n) is 5.51. The van der Waals surface area contributed by atoms with Gasteiger partial charge in [-0.15, -0.1) is 0 Å². The third-order valence-electron chi connectivity index (χ3n) is 3.34. The standard InChI is InChI=1S/C12H20O3/c1-12(11(14)15-2)8-4-3-6-10(12)7-5-9-13/h3,6,10,13H,4-5,7-9H2,1-2H3. The molecule has 0 heterocycles. The predicted molar refractivity (Wildman–Crippen MR) is 58.3 cm³/mol. The molecule has 0 aromatic rings. The molecule has 1 aliphatic carbocycles. The number of allylic oxidation sites excluding steroid dienone is 2. The van der Waals surface area contributed by atoms with Gasteiger partial charge in [0.2, 0.25) is 0 Å². The highest BCUT2D eigenvalue weighted by atomic mass is 16.5. The summed E-state index contributed by atoms with van der Waals surface area (Å²) >= 11 is 0. The Hall–Kier alpha value is -0.830. The van der Waals surface area contributed by atoms with E-state index < -0.39 is 5.41 Å². The molecule has 2 atom stereocenters. The monoisotopic (exact) mass is 212 g/mol. The molecule has 0 saturated carbocycles. The molecule has 3 heteroatoms. The number of rotatable bonds is 4. The molecule has 0 amide bonds. The molecule has 0 fully saturated rings. The third kappa shape index (κ3) is 2.59. The summed E-state index contributed by atoms with van der Waals surface area (Å²) in [7, 11) is 1.44. The second-order valence-electron chi connectivity index (χ2n) is 4.35. The Morgan fingerprint density at radius 3 is 3.00 bits per heavy atom. The number of aliphatic hydroxyl groups is 1. The maximum atomic E-state index is 11.7. The Morgan fingerprint density at radius 2 is 2.40 bits per heavy atom. The van der Waals surface area contributed by atoms with Gasteiger partial charge in [0.15, 0.2) is 0 Å². The molecule has 3 nitrogen and oxygen atoms in total. The summed E-state index contributed by atoms with van der Waals surface area (Å²) in [5.74, 6) is 0.0700. The highest BCUT2D eigenvalue weighted by molar-refractivity contribution is 5.77. The molecule has 0 bridgehead atoms. The van der Waals surface area contributed by atoms with Crippen LogP contribution in [0.3, 0.4) is 0 Å². The normalized spacial score (nSPS) is 30.2. The fourth-order valence-electron chi connectivity index (χ4n) is 2.25. The van der Waals surface area contributed by atoms with E-state index in [1.54, 1.807) is 0 Å². The van der Waals surface area contributed by atoms with Crippen LogP contribution >= 0.6 is 0 Å². The molecule has 0 aromatic heterocycles. The van der Waals surface area contributed by atoms with E-state index in [2.05, 4.69) is 12.2 Å². The first kappa shape index (κ1) is 12.2. The van der Waals surface area contributed by atoms with Crippen LogP contribution in [-0.4, -0.2) is 24.8 Å². The van der Waals surface area contributed by atoms with Gasteiger partial charge in [0.25, 0.3) is 0 Å². The molecule has 2 unspecified atom stereocenters. The minimum absolute atomic E-state index is 0.130. The maximum Gasteiger partial charge on any atom is 0.312 e. The quantitative estimate of drug-likeness (QED) is 0.572. The zero-order chi connectivity index (χ0) is 11.3. The predicted octanol–water partition coefficient (Wildman–Crippen LogP) is 1.90. The lowest BCUT2D eigenvalue weighted by Crippen LogP contribution is -2.37. The molecule has 0 aliphatic heterocycles. The fourth-order valence-corrected chi connectivity index (χ4v) is 2.25. The minimum Gasteiger partial charge on any atom is -0.469 e. The number of carbonyl (C=O) groups excluding carboxylic acids is 1. The van der Waals surface area contributed by atoms with Crippen LogP contribution in [0.5, 0.6) is 0 Å². The van der Waals surface area contributed by atoms with Crippen LogP contribution in [0.4, 0.5) is 0 Å². The third-order valence-corrected chi connectivity index (χ3v) is 3.34. The Labute approximate surface area is 91.1 Å². The Bertz CT molecular complexity index is 247. The number of esters is 1. The molecule has 1 N–H and O–H groups in total. The van der Waals surface area contributed by atoms with Crippen molar-refractivity contribution in [2.24, 2.45) is 11.3 Å². The second kappa shape index (κ2) is 5.31. The van der Waals surface area contributed by atoms with Gasteiger partial charge in [0.05, 0.1) is 12.5 Å². The van der Waals surface area contributed by atoms with Gasteiger partial charge in [-0.1, -0.05) is 12.2 Å². The lowest BCUT2D eigenvalue weighted by molar-refractivity contribution is -0.155. The fraction of sp³-hybridized carbons (Fsp3) is 0.750. The van der Waals surface area contributed by atoms with Crippen LogP contribution in [0.2, 0.25) is 0 Å². The average Bonchev–Trinajstić information content (AvgIpc) is 2.27. The van der Waals surface area contributed by atoms with Crippen LogP contribution in [0.1, 0.15) is 32.6 Å². The lowest BCUT2D eigenvalue weighted by Gasteiger charge is -2.35. The molecule has 0 radical (unpaired) electrons. The summed E-state index contributed by atoms with van der Waals surface area (Å²) in [6.07, 6.45) is 7.57. The summed E-state index contributed by atoms with van der Waals surface area (Å²) in [5, 5.41) is 8.82. The lowest BCUT2D eigenvalue weighted by atomic mass is 9.69. The highest BCUT2D eigenvalue weighted by Crippen LogP contribution is 2.40. The first-order chi connectivity index (χ1) is 7.15. The summed E-state index contributed by atoms with van der Waals surface area (Å²) in [4.78, 5) is 11.7. The van der Waals surface area contributed by atoms with E-state index in [9.17, 15) is 4.79 Å². The van der Waals surface area contributed by atoms with Crippen molar-refractivity contribution in [3.63, 3.8) is 0 Å². The number of carbonyl (C=O) groups is 1. The van der Waals surface area contributed by atoms with Gasteiger partial charge in [0, 0.05) is 6.61 Å². The maximum absolute atomic E-state index is 11.7. The van der Waals surface area contributed by atoms with E-state index >= 15 is 0 Å². The van der Waals surface area contributed by atoms with Gasteiger partial charge in [-0.25, -0.2) is 0 Å². The topological polar surface area (TPSA) is 46.5 Å². The van der Waals surface area contributed by atoms with Gasteiger partial charge in [0.1, 0.15) is 0 Å². The van der Waals surface area contributed by atoms with Gasteiger partial charge in [-0.3, -0.25) is 4.79 Å². The van der Waals surface area contributed by atoms with Crippen molar-refractivity contribution in [1.29, 1.82) is 0 Å². The summed E-state index contributed by atoms with van der Waals surface area (Å²) < 4.78 is 4.87. The van der Waals surface area contributed by atoms with Crippen molar-refractivity contribution in [2.45, 2.75) is 32.6 Å². The van der Waals surface area contributed by atoms with Crippen LogP contribution in [0, 0.1) is 11.3 Å². The number of hydrogen-bond acceptors (Lipinski definition) is 3. The van der Waals surface area contributed by atoms with E-state index in [1.807, 2.05) is 6.92 Å². The molecular weight excluding hydrogens is 192 g/mol. The van der Waals surface area contributed by atoms with Crippen LogP contribution < -0.4 is 0 Å². The summed E-state index contributed by atoms with van der Waals surface area (Å²) in [6, 6.07) is 0. The second-order valence-corrected chi connectivity index (χ2v) is 4.35. The number of hydrogen-bond donors (Lipinski definition) is 1. The summed E-state index contributed by atoms with van der Waals surface area (Å²) in [6.45, 7) is 2.14. The SMILES string of the molecule is COC(=O)C1(C)CCC=CC1CCCO. The summed E-state index contributed by atoms with van der Waals surface area (Å²) in [5.41, 5.74) is -0.404. The number of methoxy groups -OCH3 is 1. The van der Waals surface area contributed by atoms with E-state index in [4.69, 9.17) is 9.84 Å². The van der Waals surface area contributed by atoms with Crippen molar-refractivity contribution < 1.29 is 14.6 Å². The van der Waals surface area contributed by atoms with E-state index in [-0.39, 0.29) is 18.5 Å². The number of ether oxygens (including phenoxy) is 1. The molecule has 0 spiro atoms. The molecule has 15 heavy (non-hydrogen) atoms. The zero-order valence-corrected chi connectivity index (χ0v) is 9.53. The molecule has 1 aliphatic rings.